The van der Waals surface area contributed by atoms with Crippen molar-refractivity contribution >= 4 is 11.9 Å². The number of carboxylic acid groups (broad SMARTS) is 1. The van der Waals surface area contributed by atoms with Gasteiger partial charge in [0, 0.05) is 13.1 Å². The molecule has 0 saturated carbocycles. The lowest BCUT2D eigenvalue weighted by atomic mass is 9.95. The molecule has 0 aliphatic carbocycles. The lowest BCUT2D eigenvalue weighted by molar-refractivity contribution is -0.149. The summed E-state index contributed by atoms with van der Waals surface area (Å²) in [4.78, 5) is 25.2. The van der Waals surface area contributed by atoms with Crippen LogP contribution in [0.25, 0.3) is 0 Å². The van der Waals surface area contributed by atoms with Crippen molar-refractivity contribution in [2.24, 2.45) is 0 Å². The minimum Gasteiger partial charge on any atom is -0.480 e. The number of carboxylic acids is 1. The van der Waals surface area contributed by atoms with Gasteiger partial charge in [0.15, 0.2) is 0 Å². The van der Waals surface area contributed by atoms with Crippen LogP contribution in [0.4, 0.5) is 0 Å². The standard InChI is InChI=1S/C15H18N2O3/c18-14(17-7-3-6-13(17)15(19)20)12-8-10-4-1-2-5-11(10)9-16-12/h1-2,4-5,12-13,16H,3,6-9H2,(H,19,20)/t12?,13-/m1/s1. The monoisotopic (exact) mass is 274 g/mol. The number of amides is 1. The van der Waals surface area contributed by atoms with E-state index in [-0.39, 0.29) is 11.9 Å². The molecule has 0 spiro atoms. The Morgan fingerprint density at radius 2 is 2.00 bits per heavy atom. The highest BCUT2D eigenvalue weighted by Gasteiger charge is 2.37. The largest absolute Gasteiger partial charge is 0.480 e. The van der Waals surface area contributed by atoms with E-state index in [4.69, 9.17) is 0 Å². The van der Waals surface area contributed by atoms with Crippen molar-refractivity contribution in [2.45, 2.75) is 37.9 Å². The third-order valence-corrected chi connectivity index (χ3v) is 4.20. The van der Waals surface area contributed by atoms with Crippen LogP contribution in [-0.2, 0) is 22.6 Å². The zero-order chi connectivity index (χ0) is 14.1. The van der Waals surface area contributed by atoms with Gasteiger partial charge < -0.3 is 15.3 Å². The van der Waals surface area contributed by atoms with Gasteiger partial charge in [-0.1, -0.05) is 24.3 Å². The van der Waals surface area contributed by atoms with Crippen molar-refractivity contribution < 1.29 is 14.7 Å². The maximum absolute atomic E-state index is 12.5. The van der Waals surface area contributed by atoms with E-state index in [9.17, 15) is 14.7 Å². The Hall–Kier alpha value is -1.88. The highest BCUT2D eigenvalue weighted by atomic mass is 16.4. The second-order valence-electron chi connectivity index (χ2n) is 5.43. The topological polar surface area (TPSA) is 69.6 Å². The van der Waals surface area contributed by atoms with Gasteiger partial charge in [0.05, 0.1) is 6.04 Å². The average molecular weight is 274 g/mol. The van der Waals surface area contributed by atoms with Gasteiger partial charge in [-0.25, -0.2) is 4.79 Å². The number of likely N-dealkylation sites (tertiary alicyclic amines) is 1. The van der Waals surface area contributed by atoms with Gasteiger partial charge in [-0.2, -0.15) is 0 Å². The lowest BCUT2D eigenvalue weighted by Gasteiger charge is -2.30. The molecule has 0 radical (unpaired) electrons. The Kier molecular flexibility index (Phi) is 3.44. The van der Waals surface area contributed by atoms with E-state index in [1.165, 1.54) is 16.0 Å². The van der Waals surface area contributed by atoms with Crippen LogP contribution in [-0.4, -0.2) is 40.5 Å². The molecule has 1 saturated heterocycles. The molecule has 1 fully saturated rings. The first-order chi connectivity index (χ1) is 9.66. The van der Waals surface area contributed by atoms with Crippen molar-refractivity contribution in [1.82, 2.24) is 10.2 Å². The first kappa shape index (κ1) is 13.1. The van der Waals surface area contributed by atoms with Crippen LogP contribution in [0, 0.1) is 0 Å². The highest BCUT2D eigenvalue weighted by Crippen LogP contribution is 2.22. The van der Waals surface area contributed by atoms with E-state index in [1.54, 1.807) is 0 Å². The number of nitrogens with zero attached hydrogens (tertiary/aromatic N) is 1. The Morgan fingerprint density at radius 1 is 1.25 bits per heavy atom. The summed E-state index contributed by atoms with van der Waals surface area (Å²) in [7, 11) is 0. The summed E-state index contributed by atoms with van der Waals surface area (Å²) < 4.78 is 0. The van der Waals surface area contributed by atoms with Gasteiger partial charge in [0.1, 0.15) is 6.04 Å². The second kappa shape index (κ2) is 5.25. The molecule has 5 nitrogen and oxygen atoms in total. The molecule has 5 heteroatoms. The molecule has 2 N–H and O–H groups in total. The van der Waals surface area contributed by atoms with E-state index in [0.29, 0.717) is 25.9 Å². The number of nitrogens with one attached hydrogen (secondary N) is 1. The van der Waals surface area contributed by atoms with E-state index in [1.807, 2.05) is 18.2 Å². The van der Waals surface area contributed by atoms with E-state index >= 15 is 0 Å². The Balaban J connectivity index is 1.74. The second-order valence-corrected chi connectivity index (χ2v) is 5.43. The van der Waals surface area contributed by atoms with Crippen LogP contribution in [0.1, 0.15) is 24.0 Å². The number of aliphatic carboxylic acids is 1. The van der Waals surface area contributed by atoms with Crippen molar-refractivity contribution in [3.63, 3.8) is 0 Å². The number of rotatable bonds is 2. The quantitative estimate of drug-likeness (QED) is 0.836. The fourth-order valence-electron chi connectivity index (χ4n) is 3.12. The van der Waals surface area contributed by atoms with Crippen LogP contribution in [0.3, 0.4) is 0 Å². The number of carbonyl (C=O) groups excluding carboxylic acids is 1. The summed E-state index contributed by atoms with van der Waals surface area (Å²) in [6.07, 6.45) is 1.97. The van der Waals surface area contributed by atoms with Gasteiger partial charge in [-0.05, 0) is 30.4 Å². The smallest absolute Gasteiger partial charge is 0.326 e. The molecular formula is C15H18N2O3. The van der Waals surface area contributed by atoms with Gasteiger partial charge in [-0.3, -0.25) is 4.79 Å². The predicted octanol–water partition coefficient (Wildman–Crippen LogP) is 0.776. The van der Waals surface area contributed by atoms with Crippen LogP contribution in [0.15, 0.2) is 24.3 Å². The van der Waals surface area contributed by atoms with E-state index in [0.717, 1.165) is 6.42 Å². The summed E-state index contributed by atoms with van der Waals surface area (Å²) in [5, 5.41) is 12.4. The van der Waals surface area contributed by atoms with E-state index in [2.05, 4.69) is 11.4 Å². The van der Waals surface area contributed by atoms with E-state index < -0.39 is 12.0 Å². The number of carbonyl (C=O) groups is 2. The average Bonchev–Trinajstić information content (AvgIpc) is 2.95. The third kappa shape index (κ3) is 2.29. The molecule has 2 aliphatic rings. The SMILES string of the molecule is O=C(O)[C@H]1CCCN1C(=O)C1Cc2ccccc2CN1. The zero-order valence-electron chi connectivity index (χ0n) is 11.2. The molecule has 0 aromatic heterocycles. The van der Waals surface area contributed by atoms with Crippen molar-refractivity contribution in [3.8, 4) is 0 Å². The molecule has 3 rings (SSSR count). The van der Waals surface area contributed by atoms with Gasteiger partial charge >= 0.3 is 5.97 Å². The van der Waals surface area contributed by atoms with Crippen molar-refractivity contribution in [1.29, 1.82) is 0 Å². The molecule has 1 amide bonds. The van der Waals surface area contributed by atoms with Crippen LogP contribution < -0.4 is 5.32 Å². The summed E-state index contributed by atoms with van der Waals surface area (Å²) >= 11 is 0. The Labute approximate surface area is 117 Å². The minimum absolute atomic E-state index is 0.0793. The molecule has 2 atom stereocenters. The van der Waals surface area contributed by atoms with Gasteiger partial charge in [0.25, 0.3) is 0 Å². The molecular weight excluding hydrogens is 256 g/mol. The third-order valence-electron chi connectivity index (χ3n) is 4.20. The highest BCUT2D eigenvalue weighted by molar-refractivity contribution is 5.88. The number of hydrogen-bond acceptors (Lipinski definition) is 3. The molecule has 0 bridgehead atoms. The van der Waals surface area contributed by atoms with Crippen LogP contribution in [0.5, 0.6) is 0 Å². The summed E-state index contributed by atoms with van der Waals surface area (Å²) in [5.41, 5.74) is 2.39. The predicted molar refractivity (Wildman–Crippen MR) is 73.1 cm³/mol. The number of benzene rings is 1. The Bertz CT molecular complexity index is 544. The fourth-order valence-corrected chi connectivity index (χ4v) is 3.12. The zero-order valence-corrected chi connectivity index (χ0v) is 11.2. The molecule has 2 heterocycles. The first-order valence-electron chi connectivity index (χ1n) is 7.00. The molecule has 106 valence electrons. The summed E-state index contributed by atoms with van der Waals surface area (Å²) in [6.45, 7) is 1.22. The maximum atomic E-state index is 12.5. The fraction of sp³-hybridized carbons (Fsp3) is 0.467. The molecule has 1 aromatic carbocycles. The van der Waals surface area contributed by atoms with Crippen LogP contribution >= 0.6 is 0 Å². The molecule has 20 heavy (non-hydrogen) atoms. The first-order valence-corrected chi connectivity index (χ1v) is 7.00. The van der Waals surface area contributed by atoms with Crippen LogP contribution in [0.2, 0.25) is 0 Å². The maximum Gasteiger partial charge on any atom is 0.326 e. The summed E-state index contributed by atoms with van der Waals surface area (Å²) in [5.74, 6) is -0.975. The number of fused-ring (bicyclic) bond motifs is 1. The lowest BCUT2D eigenvalue weighted by Crippen LogP contribution is -2.52. The van der Waals surface area contributed by atoms with Gasteiger partial charge in [0.2, 0.25) is 5.91 Å². The van der Waals surface area contributed by atoms with Crippen molar-refractivity contribution in [2.75, 3.05) is 6.54 Å². The molecule has 2 aliphatic heterocycles. The Morgan fingerprint density at radius 3 is 2.75 bits per heavy atom. The minimum atomic E-state index is -0.896. The van der Waals surface area contributed by atoms with Crippen molar-refractivity contribution in [3.05, 3.63) is 35.4 Å². The normalized spacial score (nSPS) is 25.3. The summed E-state index contributed by atoms with van der Waals surface area (Å²) in [6, 6.07) is 7.10. The van der Waals surface area contributed by atoms with Gasteiger partial charge in [-0.15, -0.1) is 0 Å². The molecule has 1 unspecified atom stereocenters. The molecule has 1 aromatic rings. The number of hydrogen-bond donors (Lipinski definition) is 2.